The molecule has 1 aliphatic rings. The van der Waals surface area contributed by atoms with Crippen molar-refractivity contribution in [1.29, 1.82) is 0 Å². The van der Waals surface area contributed by atoms with Crippen molar-refractivity contribution in [2.45, 2.75) is 6.61 Å². The van der Waals surface area contributed by atoms with Crippen LogP contribution in [-0.4, -0.2) is 13.0 Å². The zero-order valence-electron chi connectivity index (χ0n) is 15.2. The van der Waals surface area contributed by atoms with Gasteiger partial charge in [-0.05, 0) is 47.5 Å². The summed E-state index contributed by atoms with van der Waals surface area (Å²) >= 11 is 5.91. The Morgan fingerprint density at radius 1 is 1.00 bits per heavy atom. The summed E-state index contributed by atoms with van der Waals surface area (Å²) in [5, 5.41) is 3.57. The number of nitrogens with one attached hydrogen (secondary N) is 1. The third-order valence-electron chi connectivity index (χ3n) is 4.52. The number of para-hydroxylation sites is 1. The molecule has 0 saturated heterocycles. The van der Waals surface area contributed by atoms with Gasteiger partial charge in [0.1, 0.15) is 6.61 Å². The number of amides is 1. The highest BCUT2D eigenvalue weighted by atomic mass is 35.5. The Kier molecular flexibility index (Phi) is 5.04. The minimum absolute atomic E-state index is 0.108. The molecule has 1 N–H and O–H groups in total. The molecular formula is C23H18ClNO3. The molecule has 0 radical (unpaired) electrons. The molecule has 3 aromatic carbocycles. The Bertz CT molecular complexity index is 1060. The Balaban J connectivity index is 1.57. The Morgan fingerprint density at radius 3 is 2.57 bits per heavy atom. The standard InChI is InChI=1S/C23H18ClNO3/c1-27-22-13-16(12-19-18-4-2-3-5-20(18)25-23(19)26)8-11-21(22)28-14-15-6-9-17(24)10-7-15/h2-13H,14H2,1H3,(H,25,26)/b19-12-. The van der Waals surface area contributed by atoms with Crippen LogP contribution in [0.15, 0.2) is 66.7 Å². The van der Waals surface area contributed by atoms with E-state index in [0.29, 0.717) is 28.7 Å². The van der Waals surface area contributed by atoms with Crippen LogP contribution >= 0.6 is 11.6 Å². The van der Waals surface area contributed by atoms with Crippen molar-refractivity contribution in [2.75, 3.05) is 12.4 Å². The van der Waals surface area contributed by atoms with Crippen LogP contribution in [0, 0.1) is 0 Å². The van der Waals surface area contributed by atoms with Gasteiger partial charge in [0.25, 0.3) is 5.91 Å². The molecule has 0 spiro atoms. The minimum Gasteiger partial charge on any atom is -0.493 e. The predicted molar refractivity (Wildman–Crippen MR) is 112 cm³/mol. The Labute approximate surface area is 168 Å². The highest BCUT2D eigenvalue weighted by Crippen LogP contribution is 2.35. The number of hydrogen-bond acceptors (Lipinski definition) is 3. The molecule has 4 rings (SSSR count). The van der Waals surface area contributed by atoms with Crippen molar-refractivity contribution in [1.82, 2.24) is 0 Å². The summed E-state index contributed by atoms with van der Waals surface area (Å²) in [6.45, 7) is 0.406. The number of carbonyl (C=O) groups excluding carboxylic acids is 1. The van der Waals surface area contributed by atoms with Crippen LogP contribution in [0.25, 0.3) is 11.6 Å². The monoisotopic (exact) mass is 391 g/mol. The van der Waals surface area contributed by atoms with Gasteiger partial charge in [0, 0.05) is 21.8 Å². The maximum Gasteiger partial charge on any atom is 0.256 e. The van der Waals surface area contributed by atoms with Gasteiger partial charge >= 0.3 is 0 Å². The Hall–Kier alpha value is -3.24. The molecule has 0 bridgehead atoms. The third kappa shape index (κ3) is 3.73. The summed E-state index contributed by atoms with van der Waals surface area (Å²) < 4.78 is 11.4. The van der Waals surface area contributed by atoms with Gasteiger partial charge in [0.15, 0.2) is 11.5 Å². The fourth-order valence-electron chi connectivity index (χ4n) is 3.08. The molecule has 4 nitrogen and oxygen atoms in total. The first-order valence-corrected chi connectivity index (χ1v) is 9.19. The van der Waals surface area contributed by atoms with Crippen molar-refractivity contribution in [3.8, 4) is 11.5 Å². The number of methoxy groups -OCH3 is 1. The lowest BCUT2D eigenvalue weighted by Crippen LogP contribution is -2.03. The van der Waals surface area contributed by atoms with Crippen LogP contribution in [0.3, 0.4) is 0 Å². The van der Waals surface area contributed by atoms with Crippen molar-refractivity contribution in [3.05, 3.63) is 88.4 Å². The van der Waals surface area contributed by atoms with Gasteiger partial charge in [-0.25, -0.2) is 0 Å². The maximum absolute atomic E-state index is 12.3. The number of benzene rings is 3. The lowest BCUT2D eigenvalue weighted by molar-refractivity contribution is -0.110. The van der Waals surface area contributed by atoms with Gasteiger partial charge in [-0.2, -0.15) is 0 Å². The molecular weight excluding hydrogens is 374 g/mol. The first-order chi connectivity index (χ1) is 13.6. The molecule has 1 amide bonds. The lowest BCUT2D eigenvalue weighted by atomic mass is 10.0. The Morgan fingerprint density at radius 2 is 1.79 bits per heavy atom. The van der Waals surface area contributed by atoms with E-state index < -0.39 is 0 Å². The van der Waals surface area contributed by atoms with Crippen LogP contribution < -0.4 is 14.8 Å². The van der Waals surface area contributed by atoms with E-state index in [4.69, 9.17) is 21.1 Å². The zero-order valence-corrected chi connectivity index (χ0v) is 16.0. The summed E-state index contributed by atoms with van der Waals surface area (Å²) in [5.41, 5.74) is 4.23. The van der Waals surface area contributed by atoms with Crippen LogP contribution in [0.5, 0.6) is 11.5 Å². The topological polar surface area (TPSA) is 47.6 Å². The second-order valence-electron chi connectivity index (χ2n) is 6.38. The van der Waals surface area contributed by atoms with E-state index in [1.165, 1.54) is 0 Å². The van der Waals surface area contributed by atoms with Gasteiger partial charge in [-0.1, -0.05) is 48.0 Å². The summed E-state index contributed by atoms with van der Waals surface area (Å²) in [5.74, 6) is 1.13. The number of carbonyl (C=O) groups is 1. The van der Waals surface area contributed by atoms with E-state index in [2.05, 4.69) is 5.32 Å². The fraction of sp³-hybridized carbons (Fsp3) is 0.0870. The zero-order chi connectivity index (χ0) is 19.5. The molecule has 1 aliphatic heterocycles. The summed E-state index contributed by atoms with van der Waals surface area (Å²) in [7, 11) is 1.60. The number of hydrogen-bond donors (Lipinski definition) is 1. The third-order valence-corrected chi connectivity index (χ3v) is 4.77. The molecule has 3 aromatic rings. The quantitative estimate of drug-likeness (QED) is 0.591. The normalized spacial score (nSPS) is 13.9. The second kappa shape index (κ2) is 7.79. The van der Waals surface area contributed by atoms with Crippen molar-refractivity contribution in [3.63, 3.8) is 0 Å². The molecule has 0 aromatic heterocycles. The first-order valence-electron chi connectivity index (χ1n) is 8.82. The molecule has 0 fully saturated rings. The SMILES string of the molecule is COc1cc(/C=C2\C(=O)Nc3ccccc32)ccc1OCc1ccc(Cl)cc1. The summed E-state index contributed by atoms with van der Waals surface area (Å²) in [6, 6.07) is 20.8. The van der Waals surface area contributed by atoms with E-state index in [0.717, 1.165) is 22.4 Å². The van der Waals surface area contributed by atoms with Crippen molar-refractivity contribution in [2.24, 2.45) is 0 Å². The van der Waals surface area contributed by atoms with Gasteiger partial charge in [-0.15, -0.1) is 0 Å². The highest BCUT2D eigenvalue weighted by Gasteiger charge is 2.23. The van der Waals surface area contributed by atoms with E-state index in [-0.39, 0.29) is 5.91 Å². The molecule has 0 saturated carbocycles. The minimum atomic E-state index is -0.108. The largest absolute Gasteiger partial charge is 0.493 e. The highest BCUT2D eigenvalue weighted by molar-refractivity contribution is 6.34. The van der Waals surface area contributed by atoms with Crippen LogP contribution in [0.4, 0.5) is 5.69 Å². The average Bonchev–Trinajstić information content (AvgIpc) is 3.03. The number of rotatable bonds is 5. The van der Waals surface area contributed by atoms with E-state index in [9.17, 15) is 4.79 Å². The molecule has 0 atom stereocenters. The number of halogens is 1. The molecule has 5 heteroatoms. The smallest absolute Gasteiger partial charge is 0.256 e. The van der Waals surface area contributed by atoms with Gasteiger partial charge in [0.2, 0.25) is 0 Å². The molecule has 1 heterocycles. The molecule has 28 heavy (non-hydrogen) atoms. The average molecular weight is 392 g/mol. The van der Waals surface area contributed by atoms with E-state index in [1.54, 1.807) is 7.11 Å². The van der Waals surface area contributed by atoms with Crippen molar-refractivity contribution < 1.29 is 14.3 Å². The maximum atomic E-state index is 12.3. The van der Waals surface area contributed by atoms with Crippen molar-refractivity contribution >= 4 is 34.8 Å². The fourth-order valence-corrected chi connectivity index (χ4v) is 3.21. The predicted octanol–water partition coefficient (Wildman–Crippen LogP) is 5.42. The van der Waals surface area contributed by atoms with E-state index in [1.807, 2.05) is 72.8 Å². The molecule has 0 aliphatic carbocycles. The summed E-state index contributed by atoms with van der Waals surface area (Å²) in [6.07, 6.45) is 1.85. The number of anilines is 1. The van der Waals surface area contributed by atoms with Crippen LogP contribution in [0.2, 0.25) is 5.02 Å². The van der Waals surface area contributed by atoms with Gasteiger partial charge < -0.3 is 14.8 Å². The van der Waals surface area contributed by atoms with Crippen LogP contribution in [0.1, 0.15) is 16.7 Å². The number of ether oxygens (including phenoxy) is 2. The second-order valence-corrected chi connectivity index (χ2v) is 6.82. The number of fused-ring (bicyclic) bond motifs is 1. The summed E-state index contributed by atoms with van der Waals surface area (Å²) in [4.78, 5) is 12.3. The molecule has 0 unspecified atom stereocenters. The van der Waals surface area contributed by atoms with Gasteiger partial charge in [0.05, 0.1) is 7.11 Å². The van der Waals surface area contributed by atoms with Gasteiger partial charge in [-0.3, -0.25) is 4.79 Å². The lowest BCUT2D eigenvalue weighted by Gasteiger charge is -2.12. The molecule has 140 valence electrons. The van der Waals surface area contributed by atoms with E-state index >= 15 is 0 Å². The van der Waals surface area contributed by atoms with Crippen LogP contribution in [-0.2, 0) is 11.4 Å². The first kappa shape index (κ1) is 18.1.